The summed E-state index contributed by atoms with van der Waals surface area (Å²) in [5.74, 6) is 0. The van der Waals surface area contributed by atoms with Crippen LogP contribution in [-0.4, -0.2) is 0 Å². The molecule has 10 aromatic carbocycles. The maximum absolute atomic E-state index is 9.37. The van der Waals surface area contributed by atoms with Crippen LogP contribution in [0, 0.1) is 0 Å². The lowest BCUT2D eigenvalue weighted by atomic mass is 9.87. The van der Waals surface area contributed by atoms with E-state index in [0.29, 0.717) is 0 Å². The molecule has 0 saturated carbocycles. The van der Waals surface area contributed by atoms with E-state index in [9.17, 15) is 13.7 Å². The molecule has 0 aliphatic carbocycles. The van der Waals surface area contributed by atoms with Gasteiger partial charge in [0, 0.05) is 0 Å². The SMILES string of the molecule is [2H]c1c([2H])c([2H])c(-c2c([2H])c([2H])c3c([2H])c([2H])c4c([2H])c([2H])c([2H])c5c([2H])c([2H])c2c3c45)c(Cc2c([2H])c([2H])c(-c3c([2H])c([2H])c4c([2H])c([2H])c5c([2H])c([2H])c([2H])c6c([2H])c([2H])c3c4c56)c([2H])c2[2H])c1[2H]. The largest absolute Gasteiger partial charge is 0.0630 e. The fourth-order valence-corrected chi connectivity index (χ4v) is 5.91. The van der Waals surface area contributed by atoms with E-state index in [0.717, 1.165) is 0 Å². The van der Waals surface area contributed by atoms with Crippen LogP contribution in [0.2, 0.25) is 0 Å². The van der Waals surface area contributed by atoms with E-state index in [1.807, 2.05) is 0 Å². The smallest absolute Gasteiger partial charge is 0.0619 e. The Bertz CT molecular complexity index is 4120. The Labute approximate surface area is 298 Å². The zero-order chi connectivity index (χ0) is 52.1. The lowest BCUT2D eigenvalue weighted by Gasteiger charge is -2.17. The fourth-order valence-electron chi connectivity index (χ4n) is 5.91. The van der Waals surface area contributed by atoms with Gasteiger partial charge in [-0.2, -0.15) is 0 Å². The molecule has 0 fully saturated rings. The predicted octanol–water partition coefficient (Wildman–Crippen LogP) is 12.4. The maximum Gasteiger partial charge on any atom is 0.0630 e. The van der Waals surface area contributed by atoms with E-state index in [-0.39, 0.29) is 43.1 Å². The van der Waals surface area contributed by atoms with E-state index in [1.165, 1.54) is 0 Å². The molecular weight excluding hydrogens is 540 g/mol. The molecule has 0 unspecified atom stereocenters. The lowest BCUT2D eigenvalue weighted by Crippen LogP contribution is -1.94. The molecule has 0 bridgehead atoms. The number of hydrogen-bond acceptors (Lipinski definition) is 0. The van der Waals surface area contributed by atoms with Crippen molar-refractivity contribution < 1.29 is 35.6 Å². The van der Waals surface area contributed by atoms with Crippen molar-refractivity contribution in [3.05, 3.63) is 168 Å². The van der Waals surface area contributed by atoms with E-state index in [2.05, 4.69) is 0 Å². The molecule has 0 radical (unpaired) electrons. The molecule has 0 N–H and O–H groups in total. The third-order valence-electron chi connectivity index (χ3n) is 7.92. The Kier molecular flexibility index (Phi) is 2.18. The number of rotatable bonds is 4. The van der Waals surface area contributed by atoms with Gasteiger partial charge in [0.1, 0.15) is 0 Å². The summed E-state index contributed by atoms with van der Waals surface area (Å²) < 4.78 is 233. The standard InChI is InChI=1S/C45H28/c1-2-10-37(39-24-20-35-18-16-31-7-4-9-33-22-26-41(39)45(35)43(31)33)36(5-1)27-28-11-13-29(14-12-28)38-23-19-34-17-15-30-6-3-8-32-21-25-40(38)44(34)42(30)32/h1-26H,27H2/i1D,2D,3D,4D,5D,6D,7D,8D,9D,10D,11D,12D,13D,14D,15D,16D,17D,18D,19D,20D,21D,22D,23D,24D,25D,26D. The molecule has 10 rings (SSSR count). The minimum absolute atomic E-state index is 0.222. The van der Waals surface area contributed by atoms with Gasteiger partial charge in [-0.25, -0.2) is 0 Å². The van der Waals surface area contributed by atoms with Gasteiger partial charge in [-0.1, -0.05) is 157 Å². The van der Waals surface area contributed by atoms with Crippen LogP contribution in [0.25, 0.3) is 86.9 Å². The van der Waals surface area contributed by atoms with Crippen molar-refractivity contribution in [2.45, 2.75) is 6.42 Å². The summed E-state index contributed by atoms with van der Waals surface area (Å²) in [7, 11) is 0. The van der Waals surface area contributed by atoms with Crippen LogP contribution in [0.4, 0.5) is 0 Å². The van der Waals surface area contributed by atoms with Gasteiger partial charge in [0.15, 0.2) is 0 Å². The van der Waals surface area contributed by atoms with Crippen LogP contribution < -0.4 is 0 Å². The molecule has 208 valence electrons. The van der Waals surface area contributed by atoms with Crippen molar-refractivity contribution in [1.82, 2.24) is 0 Å². The average molecular weight is 595 g/mol. The molecule has 10 aromatic rings. The molecular formula is C45H28. The minimum Gasteiger partial charge on any atom is -0.0619 e. The highest BCUT2D eigenvalue weighted by Gasteiger charge is 2.15. The number of benzene rings is 10. The fraction of sp³-hybridized carbons (Fsp3) is 0.0222. The van der Waals surface area contributed by atoms with Crippen molar-refractivity contribution >= 4 is 64.6 Å². The Morgan fingerprint density at radius 2 is 0.800 bits per heavy atom. The summed E-state index contributed by atoms with van der Waals surface area (Å²) in [5, 5.41) is -4.15. The Morgan fingerprint density at radius 1 is 0.333 bits per heavy atom. The number of hydrogen-bond donors (Lipinski definition) is 0. The summed E-state index contributed by atoms with van der Waals surface area (Å²) in [6, 6.07) is -20.0. The molecule has 0 spiro atoms. The summed E-state index contributed by atoms with van der Waals surface area (Å²) in [6.45, 7) is 0. The van der Waals surface area contributed by atoms with Crippen LogP contribution in [0.3, 0.4) is 0 Å². The van der Waals surface area contributed by atoms with Crippen LogP contribution in [0.5, 0.6) is 0 Å². The third-order valence-corrected chi connectivity index (χ3v) is 7.92. The molecule has 45 heavy (non-hydrogen) atoms. The van der Waals surface area contributed by atoms with E-state index < -0.39 is 218 Å². The summed E-state index contributed by atoms with van der Waals surface area (Å²) in [5.41, 5.74) is -3.46. The van der Waals surface area contributed by atoms with Gasteiger partial charge in [0.25, 0.3) is 0 Å². The third kappa shape index (κ3) is 3.66. The van der Waals surface area contributed by atoms with Crippen molar-refractivity contribution in [1.29, 1.82) is 0 Å². The first-order chi connectivity index (χ1) is 33.2. The second-order valence-corrected chi connectivity index (χ2v) is 10.4. The van der Waals surface area contributed by atoms with Crippen molar-refractivity contribution in [3.63, 3.8) is 0 Å². The van der Waals surface area contributed by atoms with Gasteiger partial charge in [-0.3, -0.25) is 0 Å². The van der Waals surface area contributed by atoms with Crippen molar-refractivity contribution in [3.8, 4) is 22.3 Å². The van der Waals surface area contributed by atoms with Gasteiger partial charge < -0.3 is 0 Å². The Balaban J connectivity index is 1.31. The monoisotopic (exact) mass is 594 g/mol. The van der Waals surface area contributed by atoms with Crippen molar-refractivity contribution in [2.75, 3.05) is 0 Å². The van der Waals surface area contributed by atoms with Crippen LogP contribution in [0.1, 0.15) is 46.8 Å². The second-order valence-electron chi connectivity index (χ2n) is 10.4. The molecule has 0 heteroatoms. The topological polar surface area (TPSA) is 0 Å². The molecule has 0 amide bonds. The molecule has 0 aliphatic rings. The van der Waals surface area contributed by atoms with Crippen molar-refractivity contribution in [2.24, 2.45) is 0 Å². The van der Waals surface area contributed by atoms with Gasteiger partial charge >= 0.3 is 0 Å². The molecule has 0 aromatic heterocycles. The minimum atomic E-state index is -0.912. The highest BCUT2D eigenvalue weighted by Crippen LogP contribution is 2.41. The highest BCUT2D eigenvalue weighted by atomic mass is 14.2. The summed E-state index contributed by atoms with van der Waals surface area (Å²) in [6.07, 6.45) is -0.896. The van der Waals surface area contributed by atoms with Crippen LogP contribution in [-0.2, 0) is 6.42 Å². The van der Waals surface area contributed by atoms with Crippen LogP contribution in [0.15, 0.2) is 157 Å². The van der Waals surface area contributed by atoms with Gasteiger partial charge in [-0.05, 0) is 104 Å². The highest BCUT2D eigenvalue weighted by molar-refractivity contribution is 6.26. The second kappa shape index (κ2) is 9.39. The molecule has 0 atom stereocenters. The average Bonchev–Trinajstić information content (AvgIpc) is 3.33. The van der Waals surface area contributed by atoms with Gasteiger partial charge in [-0.15, -0.1) is 0 Å². The van der Waals surface area contributed by atoms with Crippen LogP contribution >= 0.6 is 0 Å². The Hall–Kier alpha value is -5.72. The maximum atomic E-state index is 9.37. The molecule has 0 heterocycles. The van der Waals surface area contributed by atoms with Gasteiger partial charge in [0.2, 0.25) is 0 Å². The molecule has 0 nitrogen and oxygen atoms in total. The summed E-state index contributed by atoms with van der Waals surface area (Å²) in [4.78, 5) is 0. The van der Waals surface area contributed by atoms with E-state index in [4.69, 9.17) is 21.9 Å². The molecule has 0 saturated heterocycles. The first-order valence-corrected chi connectivity index (χ1v) is 13.7. The zero-order valence-electron chi connectivity index (χ0n) is 48.7. The predicted molar refractivity (Wildman–Crippen MR) is 194 cm³/mol. The lowest BCUT2D eigenvalue weighted by molar-refractivity contribution is 1.20. The van der Waals surface area contributed by atoms with E-state index in [1.54, 1.807) is 0 Å². The first-order valence-electron chi connectivity index (χ1n) is 26.7. The quantitative estimate of drug-likeness (QED) is 0.178. The van der Waals surface area contributed by atoms with Gasteiger partial charge in [0.05, 0.1) is 35.6 Å². The normalized spacial score (nSPS) is 20.2. The summed E-state index contributed by atoms with van der Waals surface area (Å²) >= 11 is 0. The first kappa shape index (κ1) is 10.4. The Morgan fingerprint density at radius 3 is 1.40 bits per heavy atom. The zero-order valence-corrected chi connectivity index (χ0v) is 22.7. The van der Waals surface area contributed by atoms with E-state index >= 15 is 0 Å². The molecule has 0 aliphatic heterocycles.